The maximum atomic E-state index is 11.2. The second-order valence-electron chi connectivity index (χ2n) is 3.90. The van der Waals surface area contributed by atoms with Crippen LogP contribution in [-0.2, 0) is 4.74 Å². The molecule has 0 spiro atoms. The van der Waals surface area contributed by atoms with Crippen molar-refractivity contribution >= 4 is 22.3 Å². The van der Waals surface area contributed by atoms with Crippen molar-refractivity contribution < 1.29 is 9.53 Å². The molecule has 88 valence electrons. The zero-order valence-corrected chi connectivity index (χ0v) is 10.4. The maximum Gasteiger partial charge on any atom is 0.186 e. The number of carbonyl (C=O) groups excluding carboxylic acids is 1. The summed E-state index contributed by atoms with van der Waals surface area (Å²) in [6, 6.07) is 0.389. The first-order valence-corrected chi connectivity index (χ1v) is 6.41. The Morgan fingerprint density at radius 1 is 1.75 bits per heavy atom. The molecule has 0 N–H and O–H groups in total. The molecular formula is C11H16N2O2S. The van der Waals surface area contributed by atoms with Crippen molar-refractivity contribution in [3.8, 4) is 0 Å². The Bertz CT molecular complexity index is 378. The minimum absolute atomic E-state index is 0.0313. The van der Waals surface area contributed by atoms with Crippen LogP contribution in [0.15, 0.2) is 5.38 Å². The highest BCUT2D eigenvalue weighted by molar-refractivity contribution is 7.13. The van der Waals surface area contributed by atoms with E-state index in [9.17, 15) is 4.79 Å². The van der Waals surface area contributed by atoms with Crippen molar-refractivity contribution in [2.24, 2.45) is 0 Å². The van der Waals surface area contributed by atoms with Crippen LogP contribution in [0.1, 0.15) is 30.8 Å². The highest BCUT2D eigenvalue weighted by atomic mass is 32.1. The molecule has 2 rings (SSSR count). The van der Waals surface area contributed by atoms with E-state index in [0.29, 0.717) is 11.7 Å². The zero-order chi connectivity index (χ0) is 11.5. The van der Waals surface area contributed by atoms with Gasteiger partial charge in [-0.1, -0.05) is 6.92 Å². The second kappa shape index (κ2) is 4.93. The number of rotatable bonds is 3. The average Bonchev–Trinajstić information content (AvgIpc) is 2.78. The average molecular weight is 240 g/mol. The van der Waals surface area contributed by atoms with Crippen molar-refractivity contribution in [3.63, 3.8) is 0 Å². The van der Waals surface area contributed by atoms with E-state index in [0.717, 1.165) is 31.3 Å². The van der Waals surface area contributed by atoms with Gasteiger partial charge in [0.05, 0.1) is 19.3 Å². The van der Waals surface area contributed by atoms with E-state index < -0.39 is 0 Å². The lowest BCUT2D eigenvalue weighted by molar-refractivity contribution is 0.0929. The van der Waals surface area contributed by atoms with Crippen LogP contribution in [-0.4, -0.2) is 36.6 Å². The molecule has 0 amide bonds. The van der Waals surface area contributed by atoms with E-state index in [-0.39, 0.29) is 5.78 Å². The molecule has 1 fully saturated rings. The lowest BCUT2D eigenvalue weighted by Crippen LogP contribution is -2.45. The molecule has 1 aliphatic heterocycles. The highest BCUT2D eigenvalue weighted by Gasteiger charge is 2.24. The van der Waals surface area contributed by atoms with E-state index in [1.54, 1.807) is 18.3 Å². The van der Waals surface area contributed by atoms with Crippen molar-refractivity contribution in [3.05, 3.63) is 11.1 Å². The normalized spacial score (nSPS) is 21.1. The molecule has 0 bridgehead atoms. The Balaban J connectivity index is 2.17. The van der Waals surface area contributed by atoms with E-state index in [1.165, 1.54) is 0 Å². The van der Waals surface area contributed by atoms with Gasteiger partial charge in [-0.3, -0.25) is 4.79 Å². The van der Waals surface area contributed by atoms with Crippen molar-refractivity contribution in [2.45, 2.75) is 26.3 Å². The lowest BCUT2D eigenvalue weighted by atomic mass is 10.2. The predicted octanol–water partition coefficient (Wildman–Crippen LogP) is 1.96. The maximum absolute atomic E-state index is 11.2. The summed E-state index contributed by atoms with van der Waals surface area (Å²) in [4.78, 5) is 17.8. The van der Waals surface area contributed by atoms with Crippen LogP contribution in [0.3, 0.4) is 0 Å². The van der Waals surface area contributed by atoms with Gasteiger partial charge >= 0.3 is 0 Å². The fourth-order valence-electron chi connectivity index (χ4n) is 1.80. The number of carbonyl (C=O) groups is 1. The Morgan fingerprint density at radius 2 is 2.56 bits per heavy atom. The molecular weight excluding hydrogens is 224 g/mol. The molecule has 0 saturated carbocycles. The summed E-state index contributed by atoms with van der Waals surface area (Å²) in [5, 5.41) is 2.78. The fourth-order valence-corrected chi connectivity index (χ4v) is 2.77. The number of aromatic nitrogens is 1. The molecule has 1 aromatic heterocycles. The van der Waals surface area contributed by atoms with Gasteiger partial charge in [-0.15, -0.1) is 11.3 Å². The quantitative estimate of drug-likeness (QED) is 0.757. The predicted molar refractivity (Wildman–Crippen MR) is 64.4 cm³/mol. The molecule has 16 heavy (non-hydrogen) atoms. The smallest absolute Gasteiger partial charge is 0.186 e. The van der Waals surface area contributed by atoms with Gasteiger partial charge in [0.15, 0.2) is 10.9 Å². The minimum atomic E-state index is 0.0313. The third-order valence-electron chi connectivity index (χ3n) is 2.80. The third-order valence-corrected chi connectivity index (χ3v) is 3.67. The second-order valence-corrected chi connectivity index (χ2v) is 4.74. The summed E-state index contributed by atoms with van der Waals surface area (Å²) in [7, 11) is 0. The Morgan fingerprint density at radius 3 is 3.19 bits per heavy atom. The van der Waals surface area contributed by atoms with Crippen molar-refractivity contribution in [1.29, 1.82) is 0 Å². The molecule has 5 heteroatoms. The van der Waals surface area contributed by atoms with Crippen LogP contribution in [0.4, 0.5) is 5.13 Å². The topological polar surface area (TPSA) is 42.4 Å². The molecule has 1 aromatic rings. The van der Waals surface area contributed by atoms with Crippen LogP contribution >= 0.6 is 11.3 Å². The monoisotopic (exact) mass is 240 g/mol. The first kappa shape index (κ1) is 11.5. The van der Waals surface area contributed by atoms with Crippen LogP contribution < -0.4 is 4.90 Å². The van der Waals surface area contributed by atoms with Gasteiger partial charge in [-0.2, -0.15) is 0 Å². The van der Waals surface area contributed by atoms with Crippen LogP contribution in [0, 0.1) is 0 Å². The number of hydrogen-bond acceptors (Lipinski definition) is 5. The van der Waals surface area contributed by atoms with Gasteiger partial charge in [-0.25, -0.2) is 4.98 Å². The summed E-state index contributed by atoms with van der Waals surface area (Å²) < 4.78 is 5.45. The van der Waals surface area contributed by atoms with E-state index in [4.69, 9.17) is 4.74 Å². The van der Waals surface area contributed by atoms with Crippen molar-refractivity contribution in [1.82, 2.24) is 4.98 Å². The zero-order valence-electron chi connectivity index (χ0n) is 9.60. The molecule has 1 unspecified atom stereocenters. The summed E-state index contributed by atoms with van der Waals surface area (Å²) in [6.07, 6.45) is 1.04. The van der Waals surface area contributed by atoms with E-state index >= 15 is 0 Å². The molecule has 1 saturated heterocycles. The molecule has 0 aliphatic carbocycles. The number of nitrogens with zero attached hydrogens (tertiary/aromatic N) is 2. The number of ketones is 1. The number of thiazole rings is 1. The van der Waals surface area contributed by atoms with Gasteiger partial charge in [0.25, 0.3) is 0 Å². The van der Waals surface area contributed by atoms with Crippen molar-refractivity contribution in [2.75, 3.05) is 24.7 Å². The van der Waals surface area contributed by atoms with E-state index in [2.05, 4.69) is 16.8 Å². The highest BCUT2D eigenvalue weighted by Crippen LogP contribution is 2.25. The minimum Gasteiger partial charge on any atom is -0.377 e. The van der Waals surface area contributed by atoms with Crippen LogP contribution in [0.2, 0.25) is 0 Å². The molecule has 1 aliphatic rings. The van der Waals surface area contributed by atoms with E-state index in [1.807, 2.05) is 5.38 Å². The third kappa shape index (κ3) is 2.25. The summed E-state index contributed by atoms with van der Waals surface area (Å²) in [5.41, 5.74) is 0.571. The van der Waals surface area contributed by atoms with Gasteiger partial charge in [0.1, 0.15) is 5.69 Å². The number of morpholine rings is 1. The Kier molecular flexibility index (Phi) is 3.56. The SMILES string of the molecule is CCC1COCCN1c1nc(C(C)=O)cs1. The fraction of sp³-hybridized carbons (Fsp3) is 0.636. The Labute approximate surface area is 99.2 Å². The lowest BCUT2D eigenvalue weighted by Gasteiger charge is -2.34. The van der Waals surface area contributed by atoms with Gasteiger partial charge in [0.2, 0.25) is 0 Å². The summed E-state index contributed by atoms with van der Waals surface area (Å²) in [5.74, 6) is 0.0313. The first-order valence-electron chi connectivity index (χ1n) is 5.53. The van der Waals surface area contributed by atoms with Gasteiger partial charge in [-0.05, 0) is 6.42 Å². The van der Waals surface area contributed by atoms with Crippen LogP contribution in [0.25, 0.3) is 0 Å². The largest absolute Gasteiger partial charge is 0.377 e. The number of hydrogen-bond donors (Lipinski definition) is 0. The summed E-state index contributed by atoms with van der Waals surface area (Å²) in [6.45, 7) is 6.06. The van der Waals surface area contributed by atoms with Gasteiger partial charge < -0.3 is 9.64 Å². The molecule has 4 nitrogen and oxygen atoms in total. The van der Waals surface area contributed by atoms with Crippen LogP contribution in [0.5, 0.6) is 0 Å². The summed E-state index contributed by atoms with van der Waals surface area (Å²) >= 11 is 1.54. The number of Topliss-reactive ketones (excluding diaryl/α,β-unsaturated/α-hetero) is 1. The number of anilines is 1. The molecule has 0 radical (unpaired) electrons. The molecule has 0 aromatic carbocycles. The standard InChI is InChI=1S/C11H16N2O2S/c1-3-9-6-15-5-4-13(9)11-12-10(7-16-11)8(2)14/h7,9H,3-6H2,1-2H3. The van der Waals surface area contributed by atoms with Gasteiger partial charge in [0, 0.05) is 18.8 Å². The Hall–Kier alpha value is -0.940. The molecule has 2 heterocycles. The first-order chi connectivity index (χ1) is 7.72. The molecule has 1 atom stereocenters. The number of ether oxygens (including phenoxy) is 1.